The van der Waals surface area contributed by atoms with Crippen molar-refractivity contribution in [2.75, 3.05) is 0 Å². The average Bonchev–Trinajstić information content (AvgIpc) is 2.67. The van der Waals surface area contributed by atoms with Crippen molar-refractivity contribution < 1.29 is 24.0 Å². The Morgan fingerprint density at radius 3 is 2.63 bits per heavy atom. The highest BCUT2D eigenvalue weighted by atomic mass is 16.6. The lowest BCUT2D eigenvalue weighted by Gasteiger charge is -2.08. The largest absolute Gasteiger partial charge is 0.448 e. The second-order valence-corrected chi connectivity index (χ2v) is 3.78. The molecule has 1 heterocycles. The molecule has 1 N–H and O–H groups in total. The summed E-state index contributed by atoms with van der Waals surface area (Å²) >= 11 is 0. The molecule has 0 saturated carbocycles. The van der Waals surface area contributed by atoms with Gasteiger partial charge in [-0.1, -0.05) is 12.1 Å². The molecule has 0 aromatic heterocycles. The fourth-order valence-corrected chi connectivity index (χ4v) is 1.62. The van der Waals surface area contributed by atoms with Gasteiger partial charge in [0.1, 0.15) is 5.56 Å². The van der Waals surface area contributed by atoms with Gasteiger partial charge in [-0.2, -0.15) is 0 Å². The van der Waals surface area contributed by atoms with Gasteiger partial charge in [0, 0.05) is 6.07 Å². The minimum absolute atomic E-state index is 0.264. The minimum atomic E-state index is -1.24. The number of amides is 2. The first-order valence-corrected chi connectivity index (χ1v) is 5.27. The van der Waals surface area contributed by atoms with E-state index in [0.29, 0.717) is 0 Å². The molecule has 2 rings (SSSR count). The lowest BCUT2D eigenvalue weighted by Crippen LogP contribution is -2.28. The molecule has 98 valence electrons. The first-order valence-electron chi connectivity index (χ1n) is 5.27. The predicted molar refractivity (Wildman–Crippen MR) is 60.1 cm³/mol. The maximum absolute atomic E-state index is 11.8. The van der Waals surface area contributed by atoms with Crippen molar-refractivity contribution in [2.45, 2.75) is 12.5 Å². The van der Waals surface area contributed by atoms with Crippen LogP contribution in [-0.4, -0.2) is 28.8 Å². The van der Waals surface area contributed by atoms with Gasteiger partial charge in [0.15, 0.2) is 6.10 Å². The minimum Gasteiger partial charge on any atom is -0.448 e. The molecule has 1 aromatic carbocycles. The van der Waals surface area contributed by atoms with Gasteiger partial charge in [-0.3, -0.25) is 25.0 Å². The summed E-state index contributed by atoms with van der Waals surface area (Å²) in [6.07, 6.45) is -1.51. The van der Waals surface area contributed by atoms with Gasteiger partial charge in [-0.15, -0.1) is 0 Å². The van der Waals surface area contributed by atoms with E-state index in [2.05, 4.69) is 0 Å². The van der Waals surface area contributed by atoms with Gasteiger partial charge in [0.05, 0.1) is 11.3 Å². The molecule has 1 atom stereocenters. The molecule has 8 heteroatoms. The fourth-order valence-electron chi connectivity index (χ4n) is 1.62. The summed E-state index contributed by atoms with van der Waals surface area (Å²) in [6, 6.07) is 5.20. The number of esters is 1. The number of nitro groups is 1. The summed E-state index contributed by atoms with van der Waals surface area (Å²) in [5.74, 6) is -2.29. The topological polar surface area (TPSA) is 116 Å². The smallest absolute Gasteiger partial charge is 0.345 e. The zero-order valence-corrected chi connectivity index (χ0v) is 9.49. The summed E-state index contributed by atoms with van der Waals surface area (Å²) in [6.45, 7) is 0. The van der Waals surface area contributed by atoms with Crippen molar-refractivity contribution >= 4 is 23.5 Å². The van der Waals surface area contributed by atoms with E-state index in [1.165, 1.54) is 18.2 Å². The van der Waals surface area contributed by atoms with Crippen LogP contribution >= 0.6 is 0 Å². The molecule has 1 saturated heterocycles. The highest BCUT2D eigenvalue weighted by Crippen LogP contribution is 2.20. The maximum atomic E-state index is 11.8. The Bertz CT molecular complexity index is 582. The van der Waals surface area contributed by atoms with Crippen LogP contribution in [0.15, 0.2) is 24.3 Å². The van der Waals surface area contributed by atoms with Crippen LogP contribution in [0, 0.1) is 10.1 Å². The third-order valence-corrected chi connectivity index (χ3v) is 2.50. The summed E-state index contributed by atoms with van der Waals surface area (Å²) in [4.78, 5) is 43.9. The molecular weight excluding hydrogens is 256 g/mol. The van der Waals surface area contributed by atoms with E-state index in [1.54, 1.807) is 0 Å². The fraction of sp³-hybridized carbons (Fsp3) is 0.182. The zero-order chi connectivity index (χ0) is 14.0. The molecular formula is C11H8N2O6. The van der Waals surface area contributed by atoms with Crippen LogP contribution in [-0.2, 0) is 14.3 Å². The van der Waals surface area contributed by atoms with E-state index in [1.807, 2.05) is 5.32 Å². The molecule has 1 aromatic rings. The van der Waals surface area contributed by atoms with Crippen molar-refractivity contribution in [2.24, 2.45) is 0 Å². The standard InChI is InChI=1S/C11H8N2O6/c14-9-5-8(10(15)12-9)19-11(16)6-3-1-2-4-7(6)13(17)18/h1-4,8H,5H2,(H,12,14,15). The molecule has 1 aliphatic heterocycles. The molecule has 1 fully saturated rings. The van der Waals surface area contributed by atoms with Crippen LogP contribution in [0.5, 0.6) is 0 Å². The van der Waals surface area contributed by atoms with Crippen LogP contribution in [0.25, 0.3) is 0 Å². The normalized spacial score (nSPS) is 18.0. The molecule has 0 aliphatic carbocycles. The molecule has 19 heavy (non-hydrogen) atoms. The predicted octanol–water partition coefficient (Wildman–Crippen LogP) is 0.167. The summed E-state index contributed by atoms with van der Waals surface area (Å²) in [5, 5.41) is 12.7. The number of carbonyl (C=O) groups is 3. The molecule has 8 nitrogen and oxygen atoms in total. The molecule has 0 bridgehead atoms. The molecule has 2 amide bonds. The zero-order valence-electron chi connectivity index (χ0n) is 9.49. The average molecular weight is 264 g/mol. The van der Waals surface area contributed by atoms with Crippen molar-refractivity contribution in [1.29, 1.82) is 0 Å². The number of ether oxygens (including phenoxy) is 1. The summed E-state index contributed by atoms with van der Waals surface area (Å²) < 4.78 is 4.79. The number of para-hydroxylation sites is 1. The molecule has 0 spiro atoms. The van der Waals surface area contributed by atoms with E-state index in [0.717, 1.165) is 6.07 Å². The van der Waals surface area contributed by atoms with Crippen LogP contribution < -0.4 is 5.32 Å². The van der Waals surface area contributed by atoms with E-state index in [-0.39, 0.29) is 12.0 Å². The lowest BCUT2D eigenvalue weighted by molar-refractivity contribution is -0.385. The Balaban J connectivity index is 2.19. The number of carbonyl (C=O) groups excluding carboxylic acids is 3. The lowest BCUT2D eigenvalue weighted by atomic mass is 10.2. The van der Waals surface area contributed by atoms with Gasteiger partial charge < -0.3 is 4.74 Å². The van der Waals surface area contributed by atoms with E-state index in [9.17, 15) is 24.5 Å². The number of hydrogen-bond donors (Lipinski definition) is 1. The Morgan fingerprint density at radius 2 is 2.05 bits per heavy atom. The van der Waals surface area contributed by atoms with Gasteiger partial charge in [0.25, 0.3) is 11.6 Å². The van der Waals surface area contributed by atoms with Gasteiger partial charge in [0.2, 0.25) is 5.91 Å². The van der Waals surface area contributed by atoms with Crippen LogP contribution in [0.4, 0.5) is 5.69 Å². The molecule has 0 radical (unpaired) electrons. The Hall–Kier alpha value is -2.77. The monoisotopic (exact) mass is 264 g/mol. The van der Waals surface area contributed by atoms with Crippen molar-refractivity contribution in [3.8, 4) is 0 Å². The highest BCUT2D eigenvalue weighted by molar-refractivity contribution is 6.06. The third-order valence-electron chi connectivity index (χ3n) is 2.50. The van der Waals surface area contributed by atoms with Crippen LogP contribution in [0.1, 0.15) is 16.8 Å². The maximum Gasteiger partial charge on any atom is 0.345 e. The second-order valence-electron chi connectivity index (χ2n) is 3.78. The third kappa shape index (κ3) is 2.57. The Labute approximate surface area is 106 Å². The van der Waals surface area contributed by atoms with Gasteiger partial charge in [-0.25, -0.2) is 4.79 Å². The number of rotatable bonds is 3. The Morgan fingerprint density at radius 1 is 1.37 bits per heavy atom. The van der Waals surface area contributed by atoms with Gasteiger partial charge >= 0.3 is 5.97 Å². The second kappa shape index (κ2) is 4.84. The first kappa shape index (κ1) is 12.7. The van der Waals surface area contributed by atoms with Crippen molar-refractivity contribution in [1.82, 2.24) is 5.32 Å². The number of benzene rings is 1. The van der Waals surface area contributed by atoms with Crippen LogP contribution in [0.3, 0.4) is 0 Å². The summed E-state index contributed by atoms with van der Waals surface area (Å²) in [7, 11) is 0. The first-order chi connectivity index (χ1) is 8.99. The Kier molecular flexibility index (Phi) is 3.23. The van der Waals surface area contributed by atoms with E-state index >= 15 is 0 Å². The van der Waals surface area contributed by atoms with Gasteiger partial charge in [-0.05, 0) is 6.07 Å². The van der Waals surface area contributed by atoms with E-state index in [4.69, 9.17) is 4.74 Å². The quantitative estimate of drug-likeness (QED) is 0.360. The number of nitrogens with one attached hydrogen (secondary N) is 1. The SMILES string of the molecule is O=C1CC(OC(=O)c2ccccc2[N+](=O)[O-])C(=O)N1. The number of imide groups is 1. The van der Waals surface area contributed by atoms with E-state index < -0.39 is 34.5 Å². The molecule has 1 unspecified atom stereocenters. The van der Waals surface area contributed by atoms with Crippen LogP contribution in [0.2, 0.25) is 0 Å². The number of hydrogen-bond acceptors (Lipinski definition) is 6. The van der Waals surface area contributed by atoms with Crippen molar-refractivity contribution in [3.63, 3.8) is 0 Å². The van der Waals surface area contributed by atoms with Crippen molar-refractivity contribution in [3.05, 3.63) is 39.9 Å². The number of nitrogens with zero attached hydrogens (tertiary/aromatic N) is 1. The highest BCUT2D eigenvalue weighted by Gasteiger charge is 2.35. The molecule has 1 aliphatic rings. The number of nitro benzene ring substituents is 1. The summed E-state index contributed by atoms with van der Waals surface area (Å²) in [5.41, 5.74) is -0.683.